The number of ether oxygens (including phenoxy) is 3. The van der Waals surface area contributed by atoms with Gasteiger partial charge in [-0.15, -0.1) is 6.42 Å². The molecule has 0 saturated carbocycles. The molecule has 0 aromatic heterocycles. The van der Waals surface area contributed by atoms with E-state index in [-0.39, 0.29) is 11.2 Å². The van der Waals surface area contributed by atoms with Crippen LogP contribution >= 0.6 is 12.6 Å². The molecule has 0 N–H and O–H groups in total. The van der Waals surface area contributed by atoms with Crippen molar-refractivity contribution in [3.8, 4) is 12.3 Å². The number of hydrogen-bond acceptors (Lipinski definition) is 4. The van der Waals surface area contributed by atoms with Crippen molar-refractivity contribution in [1.29, 1.82) is 0 Å². The highest BCUT2D eigenvalue weighted by Gasteiger charge is 2.22. The van der Waals surface area contributed by atoms with Crippen LogP contribution in [0.3, 0.4) is 0 Å². The predicted octanol–water partition coefficient (Wildman–Crippen LogP) is 2.94. The molecule has 0 aliphatic rings. The van der Waals surface area contributed by atoms with Crippen LogP contribution in [-0.2, 0) is 14.2 Å². The molecule has 0 aromatic carbocycles. The molecule has 0 spiro atoms. The van der Waals surface area contributed by atoms with Gasteiger partial charge < -0.3 is 14.2 Å². The van der Waals surface area contributed by atoms with Gasteiger partial charge in [-0.3, -0.25) is 0 Å². The molecular formula is C15H28O3S. The smallest absolute Gasteiger partial charge is 0.107 e. The second kappa shape index (κ2) is 9.66. The van der Waals surface area contributed by atoms with Gasteiger partial charge in [-0.2, -0.15) is 12.6 Å². The van der Waals surface area contributed by atoms with E-state index in [9.17, 15) is 0 Å². The highest BCUT2D eigenvalue weighted by Crippen LogP contribution is 2.19. The molecule has 0 radical (unpaired) electrons. The van der Waals surface area contributed by atoms with Crippen LogP contribution in [0, 0.1) is 12.3 Å². The monoisotopic (exact) mass is 288 g/mol. The maximum atomic E-state index is 5.86. The highest BCUT2D eigenvalue weighted by atomic mass is 32.1. The first kappa shape index (κ1) is 18.8. The third-order valence-corrected chi connectivity index (χ3v) is 3.04. The largest absolute Gasteiger partial charge is 0.375 e. The van der Waals surface area contributed by atoms with Crippen LogP contribution in [0.15, 0.2) is 0 Å². The number of terminal acetylenes is 1. The van der Waals surface area contributed by atoms with Crippen molar-refractivity contribution in [3.05, 3.63) is 0 Å². The summed E-state index contributed by atoms with van der Waals surface area (Å²) in [6, 6.07) is 0. The highest BCUT2D eigenvalue weighted by molar-refractivity contribution is 7.80. The van der Waals surface area contributed by atoms with Crippen LogP contribution < -0.4 is 0 Å². The van der Waals surface area contributed by atoms with Crippen molar-refractivity contribution in [2.24, 2.45) is 0 Å². The molecular weight excluding hydrogens is 260 g/mol. The first-order valence-corrected chi connectivity index (χ1v) is 7.36. The lowest BCUT2D eigenvalue weighted by molar-refractivity contribution is -0.0820. The number of rotatable bonds is 11. The van der Waals surface area contributed by atoms with E-state index in [1.807, 2.05) is 0 Å². The topological polar surface area (TPSA) is 27.7 Å². The predicted molar refractivity (Wildman–Crippen MR) is 82.8 cm³/mol. The molecule has 0 amide bonds. The van der Waals surface area contributed by atoms with Crippen molar-refractivity contribution in [2.75, 3.05) is 32.2 Å². The summed E-state index contributed by atoms with van der Waals surface area (Å²) in [4.78, 5) is 0. The number of hydrogen-bond donors (Lipinski definition) is 1. The Hall–Kier alpha value is -0.210. The van der Waals surface area contributed by atoms with Crippen molar-refractivity contribution >= 4 is 12.6 Å². The van der Waals surface area contributed by atoms with Crippen LogP contribution in [0.25, 0.3) is 0 Å². The Morgan fingerprint density at radius 2 is 1.53 bits per heavy atom. The molecule has 0 aliphatic heterocycles. The standard InChI is InChI=1S/C15H28O3S/c1-6-9-16-11-12-18-14(2,3)7-10-17-15(4,5)8-13-19/h1,19H,7-13H2,2-5H3. The summed E-state index contributed by atoms with van der Waals surface area (Å²) < 4.78 is 16.8. The van der Waals surface area contributed by atoms with Gasteiger partial charge >= 0.3 is 0 Å². The molecule has 0 heterocycles. The van der Waals surface area contributed by atoms with E-state index >= 15 is 0 Å². The minimum absolute atomic E-state index is 0.117. The summed E-state index contributed by atoms with van der Waals surface area (Å²) in [6.45, 7) is 10.4. The fourth-order valence-corrected chi connectivity index (χ4v) is 2.03. The molecule has 4 heteroatoms. The van der Waals surface area contributed by atoms with Crippen molar-refractivity contribution in [3.63, 3.8) is 0 Å². The van der Waals surface area contributed by atoms with Gasteiger partial charge in [0, 0.05) is 0 Å². The Balaban J connectivity index is 3.75. The van der Waals surface area contributed by atoms with E-state index in [0.29, 0.717) is 26.4 Å². The molecule has 0 aromatic rings. The summed E-state index contributed by atoms with van der Waals surface area (Å²) in [7, 11) is 0. The lowest BCUT2D eigenvalue weighted by Gasteiger charge is -2.29. The fourth-order valence-electron chi connectivity index (χ4n) is 1.49. The zero-order valence-corrected chi connectivity index (χ0v) is 13.6. The van der Waals surface area contributed by atoms with Crippen LogP contribution in [0.1, 0.15) is 40.5 Å². The molecule has 3 nitrogen and oxygen atoms in total. The number of thiol groups is 1. The Morgan fingerprint density at radius 1 is 0.947 bits per heavy atom. The molecule has 0 atom stereocenters. The van der Waals surface area contributed by atoms with Gasteiger partial charge in [-0.1, -0.05) is 5.92 Å². The van der Waals surface area contributed by atoms with Gasteiger partial charge in [0.1, 0.15) is 6.61 Å². The molecule has 0 aliphatic carbocycles. The summed E-state index contributed by atoms with van der Waals surface area (Å²) in [6.07, 6.45) is 6.88. The van der Waals surface area contributed by atoms with E-state index in [4.69, 9.17) is 20.6 Å². The van der Waals surface area contributed by atoms with Gasteiger partial charge in [-0.05, 0) is 46.3 Å². The first-order chi connectivity index (χ1) is 8.83. The first-order valence-electron chi connectivity index (χ1n) is 6.73. The average Bonchev–Trinajstić information content (AvgIpc) is 2.27. The summed E-state index contributed by atoms with van der Waals surface area (Å²) in [5.41, 5.74) is -0.329. The molecule has 19 heavy (non-hydrogen) atoms. The van der Waals surface area contributed by atoms with Gasteiger partial charge in [0.2, 0.25) is 0 Å². The minimum Gasteiger partial charge on any atom is -0.375 e. The third kappa shape index (κ3) is 11.3. The lowest BCUT2D eigenvalue weighted by Crippen LogP contribution is -2.32. The van der Waals surface area contributed by atoms with Crippen molar-refractivity contribution in [2.45, 2.75) is 51.7 Å². The van der Waals surface area contributed by atoms with Crippen molar-refractivity contribution in [1.82, 2.24) is 0 Å². The van der Waals surface area contributed by atoms with E-state index in [2.05, 4.69) is 46.2 Å². The van der Waals surface area contributed by atoms with Crippen LogP contribution in [0.5, 0.6) is 0 Å². The van der Waals surface area contributed by atoms with E-state index in [1.165, 1.54) is 0 Å². The zero-order chi connectivity index (χ0) is 14.8. The maximum absolute atomic E-state index is 5.86. The molecule has 0 unspecified atom stereocenters. The fraction of sp³-hybridized carbons (Fsp3) is 0.867. The molecule has 112 valence electrons. The van der Waals surface area contributed by atoms with E-state index in [0.717, 1.165) is 18.6 Å². The SMILES string of the molecule is C#CCOCCOC(C)(C)CCOC(C)(C)CCS. The van der Waals surface area contributed by atoms with E-state index < -0.39 is 0 Å². The normalized spacial score (nSPS) is 12.4. The minimum atomic E-state index is -0.212. The van der Waals surface area contributed by atoms with E-state index in [1.54, 1.807) is 0 Å². The second-order valence-electron chi connectivity index (χ2n) is 5.70. The van der Waals surface area contributed by atoms with Crippen LogP contribution in [-0.4, -0.2) is 43.4 Å². The Morgan fingerprint density at radius 3 is 2.11 bits per heavy atom. The zero-order valence-electron chi connectivity index (χ0n) is 12.7. The Kier molecular flexibility index (Phi) is 9.55. The quantitative estimate of drug-likeness (QED) is 0.360. The van der Waals surface area contributed by atoms with Gasteiger partial charge in [0.15, 0.2) is 0 Å². The van der Waals surface area contributed by atoms with Crippen LogP contribution in [0.4, 0.5) is 0 Å². The van der Waals surface area contributed by atoms with Gasteiger partial charge in [-0.25, -0.2) is 0 Å². The summed E-state index contributed by atoms with van der Waals surface area (Å²) >= 11 is 4.23. The molecule has 0 rings (SSSR count). The van der Waals surface area contributed by atoms with Crippen molar-refractivity contribution < 1.29 is 14.2 Å². The molecule has 0 fully saturated rings. The Labute approximate surface area is 123 Å². The van der Waals surface area contributed by atoms with Crippen LogP contribution in [0.2, 0.25) is 0 Å². The van der Waals surface area contributed by atoms with Gasteiger partial charge in [0.05, 0.1) is 31.0 Å². The third-order valence-electron chi connectivity index (χ3n) is 2.82. The summed E-state index contributed by atoms with van der Waals surface area (Å²) in [5, 5.41) is 0. The second-order valence-corrected chi connectivity index (χ2v) is 6.14. The van der Waals surface area contributed by atoms with Gasteiger partial charge in [0.25, 0.3) is 0 Å². The summed E-state index contributed by atoms with van der Waals surface area (Å²) in [5.74, 6) is 3.26. The Bertz CT molecular complexity index is 269. The molecule has 0 bridgehead atoms. The average molecular weight is 288 g/mol. The molecule has 0 saturated heterocycles. The maximum Gasteiger partial charge on any atom is 0.107 e. The lowest BCUT2D eigenvalue weighted by atomic mass is 10.0.